The molecule has 0 spiro atoms. The van der Waals surface area contributed by atoms with Crippen LogP contribution in [0.5, 0.6) is 11.5 Å². The van der Waals surface area contributed by atoms with Gasteiger partial charge < -0.3 is 9.05 Å². The molecule has 0 aliphatic rings. The van der Waals surface area contributed by atoms with Crippen LogP contribution < -0.4 is 14.1 Å². The van der Waals surface area contributed by atoms with Gasteiger partial charge in [0.25, 0.3) is 0 Å². The highest BCUT2D eigenvalue weighted by Gasteiger charge is 2.32. The number of halogens is 4. The Hall–Kier alpha value is -2.27. The van der Waals surface area contributed by atoms with E-state index in [1.54, 1.807) is 0 Å². The predicted octanol–water partition coefficient (Wildman–Crippen LogP) is 6.95. The molecule has 1 N–H and O–H groups in total. The summed E-state index contributed by atoms with van der Waals surface area (Å²) in [7, 11) is -4.34. The molecule has 0 aromatic heterocycles. The van der Waals surface area contributed by atoms with E-state index in [-0.39, 0.29) is 22.2 Å². The van der Waals surface area contributed by atoms with Gasteiger partial charge in [-0.15, -0.1) is 0 Å². The Bertz CT molecular complexity index is 968. The van der Waals surface area contributed by atoms with Crippen molar-refractivity contribution in [2.45, 2.75) is 0 Å². The number of nitrogens with one attached hydrogen (secondary N) is 1. The molecule has 0 saturated heterocycles. The predicted molar refractivity (Wildman–Crippen MR) is 102 cm³/mol. The molecule has 0 bridgehead atoms. The molecular weight excluding hydrogens is 418 g/mol. The van der Waals surface area contributed by atoms with Gasteiger partial charge >= 0.3 is 7.75 Å². The fraction of sp³-hybridized carbons (Fsp3) is 0. The average Bonchev–Trinajstić information content (AvgIpc) is 2.62. The van der Waals surface area contributed by atoms with E-state index < -0.39 is 19.4 Å². The third kappa shape index (κ3) is 4.92. The third-order valence-corrected chi connectivity index (χ3v) is 5.24. The Kier molecular flexibility index (Phi) is 5.90. The van der Waals surface area contributed by atoms with Crippen molar-refractivity contribution in [3.05, 3.63) is 88.4 Å². The maximum absolute atomic E-state index is 14.0. The van der Waals surface area contributed by atoms with Crippen molar-refractivity contribution in [2.75, 3.05) is 5.09 Å². The molecule has 0 aliphatic heterocycles. The lowest BCUT2D eigenvalue weighted by Gasteiger charge is -2.22. The summed E-state index contributed by atoms with van der Waals surface area (Å²) in [5.41, 5.74) is 0.150. The van der Waals surface area contributed by atoms with Gasteiger partial charge in [-0.25, -0.2) is 13.3 Å². The van der Waals surface area contributed by atoms with E-state index in [9.17, 15) is 13.3 Å². The summed E-state index contributed by atoms with van der Waals surface area (Å²) in [4.78, 5) is 0. The fourth-order valence-corrected chi connectivity index (χ4v) is 4.04. The molecule has 3 aromatic rings. The summed E-state index contributed by atoms with van der Waals surface area (Å²) >= 11 is 11.9. The summed E-state index contributed by atoms with van der Waals surface area (Å²) in [6, 6.07) is 15.0. The lowest BCUT2D eigenvalue weighted by Crippen LogP contribution is -2.11. The molecular formula is C18H12Cl2F2NO3P. The summed E-state index contributed by atoms with van der Waals surface area (Å²) in [6.45, 7) is 0. The molecule has 0 saturated carbocycles. The second-order valence-corrected chi connectivity index (χ2v) is 7.70. The van der Waals surface area contributed by atoms with Gasteiger partial charge in [-0.1, -0.05) is 47.5 Å². The minimum Gasteiger partial charge on any atom is -0.397 e. The van der Waals surface area contributed by atoms with E-state index in [1.165, 1.54) is 54.6 Å². The Morgan fingerprint density at radius 3 is 1.81 bits per heavy atom. The average molecular weight is 430 g/mol. The van der Waals surface area contributed by atoms with Crippen LogP contribution in [0.2, 0.25) is 10.0 Å². The molecule has 4 nitrogen and oxygen atoms in total. The monoisotopic (exact) mass is 429 g/mol. The van der Waals surface area contributed by atoms with Crippen LogP contribution in [-0.4, -0.2) is 0 Å². The largest absolute Gasteiger partial charge is 0.541 e. The number of anilines is 1. The van der Waals surface area contributed by atoms with Gasteiger partial charge in [-0.3, -0.25) is 5.09 Å². The van der Waals surface area contributed by atoms with Gasteiger partial charge in [-0.2, -0.15) is 0 Å². The SMILES string of the molecule is O=P(Nc1ccc(Cl)cc1Cl)(Oc1ccccc1F)Oc1ccccc1F. The minimum absolute atomic E-state index is 0.122. The van der Waals surface area contributed by atoms with Crippen LogP contribution in [-0.2, 0) is 4.57 Å². The first-order valence-electron chi connectivity index (χ1n) is 7.58. The molecule has 27 heavy (non-hydrogen) atoms. The highest BCUT2D eigenvalue weighted by atomic mass is 35.5. The highest BCUT2D eigenvalue weighted by Crippen LogP contribution is 2.50. The molecule has 0 amide bonds. The van der Waals surface area contributed by atoms with Crippen molar-refractivity contribution in [1.29, 1.82) is 0 Å². The Labute approximate surface area is 164 Å². The number of hydrogen-bond donors (Lipinski definition) is 1. The minimum atomic E-state index is -4.34. The molecule has 9 heteroatoms. The van der Waals surface area contributed by atoms with E-state index >= 15 is 0 Å². The van der Waals surface area contributed by atoms with Crippen molar-refractivity contribution in [2.24, 2.45) is 0 Å². The standard InChI is InChI=1S/C18H12Cl2F2NO3P/c19-12-9-10-16(13(20)11-12)23-27(24,25-17-7-3-1-5-14(17)21)26-18-8-4-2-6-15(18)22/h1-11H,(H,23,24). The molecule has 3 rings (SSSR count). The van der Waals surface area contributed by atoms with Crippen LogP contribution in [0.1, 0.15) is 0 Å². The normalized spacial score (nSPS) is 11.1. The van der Waals surface area contributed by atoms with Gasteiger partial charge in [0.1, 0.15) is 0 Å². The quantitative estimate of drug-likeness (QED) is 0.430. The van der Waals surface area contributed by atoms with Crippen molar-refractivity contribution in [3.8, 4) is 11.5 Å². The maximum atomic E-state index is 14.0. The molecule has 0 heterocycles. The topological polar surface area (TPSA) is 47.6 Å². The lowest BCUT2D eigenvalue weighted by molar-refractivity contribution is 0.373. The molecule has 140 valence electrons. The summed E-state index contributed by atoms with van der Waals surface area (Å²) < 4.78 is 51.7. The van der Waals surface area contributed by atoms with Crippen LogP contribution in [0.15, 0.2) is 66.7 Å². The molecule has 0 unspecified atom stereocenters. The first-order valence-corrected chi connectivity index (χ1v) is 9.88. The highest BCUT2D eigenvalue weighted by molar-refractivity contribution is 7.56. The lowest BCUT2D eigenvalue weighted by atomic mass is 10.3. The zero-order valence-corrected chi connectivity index (χ0v) is 15.9. The number of benzene rings is 3. The van der Waals surface area contributed by atoms with Crippen molar-refractivity contribution >= 4 is 36.6 Å². The Morgan fingerprint density at radius 2 is 1.33 bits per heavy atom. The van der Waals surface area contributed by atoms with Crippen LogP contribution in [0.25, 0.3) is 0 Å². The van der Waals surface area contributed by atoms with E-state index in [1.807, 2.05) is 0 Å². The zero-order chi connectivity index (χ0) is 19.4. The van der Waals surface area contributed by atoms with Gasteiger partial charge in [0, 0.05) is 5.02 Å². The zero-order valence-electron chi connectivity index (χ0n) is 13.5. The van der Waals surface area contributed by atoms with Gasteiger partial charge in [0.2, 0.25) is 0 Å². The number of hydrogen-bond acceptors (Lipinski definition) is 3. The molecule has 0 radical (unpaired) electrons. The second kappa shape index (κ2) is 8.17. The molecule has 3 aromatic carbocycles. The summed E-state index contributed by atoms with van der Waals surface area (Å²) in [5.74, 6) is -2.21. The van der Waals surface area contributed by atoms with E-state index in [0.29, 0.717) is 5.02 Å². The van der Waals surface area contributed by atoms with Crippen LogP contribution >= 0.6 is 30.9 Å². The van der Waals surface area contributed by atoms with Gasteiger partial charge in [0.05, 0.1) is 10.7 Å². The van der Waals surface area contributed by atoms with Crippen LogP contribution in [0.4, 0.5) is 14.5 Å². The summed E-state index contributed by atoms with van der Waals surface area (Å²) in [6.07, 6.45) is 0. The van der Waals surface area contributed by atoms with Crippen LogP contribution in [0, 0.1) is 11.6 Å². The third-order valence-electron chi connectivity index (χ3n) is 3.30. The smallest absolute Gasteiger partial charge is 0.397 e. The number of para-hydroxylation sites is 2. The van der Waals surface area contributed by atoms with Crippen molar-refractivity contribution < 1.29 is 22.4 Å². The van der Waals surface area contributed by atoms with Gasteiger partial charge in [0.15, 0.2) is 23.1 Å². The molecule has 0 atom stereocenters. The fourth-order valence-electron chi connectivity index (χ4n) is 2.09. The molecule has 0 fully saturated rings. The Balaban J connectivity index is 1.98. The van der Waals surface area contributed by atoms with Crippen molar-refractivity contribution in [1.82, 2.24) is 0 Å². The van der Waals surface area contributed by atoms with E-state index in [0.717, 1.165) is 12.1 Å². The van der Waals surface area contributed by atoms with E-state index in [2.05, 4.69) is 5.09 Å². The molecule has 0 aliphatic carbocycles. The second-order valence-electron chi connectivity index (χ2n) is 5.28. The first kappa shape index (κ1) is 19.5. The van der Waals surface area contributed by atoms with E-state index in [4.69, 9.17) is 32.2 Å². The summed E-state index contributed by atoms with van der Waals surface area (Å²) in [5, 5.41) is 2.96. The Morgan fingerprint density at radius 1 is 0.815 bits per heavy atom. The van der Waals surface area contributed by atoms with Gasteiger partial charge in [-0.05, 0) is 42.5 Å². The first-order chi connectivity index (χ1) is 12.9. The van der Waals surface area contributed by atoms with Crippen LogP contribution in [0.3, 0.4) is 0 Å². The number of rotatable bonds is 6. The maximum Gasteiger partial charge on any atom is 0.541 e. The van der Waals surface area contributed by atoms with Crippen molar-refractivity contribution in [3.63, 3.8) is 0 Å².